The number of carbonyl (C=O) groups is 3. The second-order valence-corrected chi connectivity index (χ2v) is 8.84. The predicted octanol–water partition coefficient (Wildman–Crippen LogP) is 2.41. The van der Waals surface area contributed by atoms with Gasteiger partial charge >= 0.3 is 0 Å². The lowest BCUT2D eigenvalue weighted by Gasteiger charge is -2.35. The number of fused-ring (bicyclic) bond motifs is 1. The van der Waals surface area contributed by atoms with Crippen LogP contribution in [0.1, 0.15) is 33.6 Å². The van der Waals surface area contributed by atoms with Crippen molar-refractivity contribution in [3.63, 3.8) is 0 Å². The number of carbonyl (C=O) groups excluding carboxylic acids is 3. The summed E-state index contributed by atoms with van der Waals surface area (Å²) in [7, 11) is 1.59. The molecule has 1 aromatic carbocycles. The number of ether oxygens (including phenoxy) is 1. The van der Waals surface area contributed by atoms with Gasteiger partial charge in [0, 0.05) is 62.6 Å². The molecule has 1 aromatic heterocycles. The van der Waals surface area contributed by atoms with Crippen molar-refractivity contribution in [2.75, 3.05) is 39.8 Å². The van der Waals surface area contributed by atoms with E-state index in [1.165, 1.54) is 10.4 Å². The summed E-state index contributed by atoms with van der Waals surface area (Å²) in [4.78, 5) is 44.6. The Morgan fingerprint density at radius 3 is 2.19 bits per heavy atom. The number of hydrogen-bond acceptors (Lipinski definition) is 5. The van der Waals surface area contributed by atoms with Gasteiger partial charge in [0.15, 0.2) is 0 Å². The number of thiophene rings is 1. The van der Waals surface area contributed by atoms with Crippen LogP contribution in [0.25, 0.3) is 0 Å². The van der Waals surface area contributed by atoms with Crippen molar-refractivity contribution in [2.45, 2.75) is 25.8 Å². The number of nitrogens with zero attached hydrogens (tertiary/aromatic N) is 3. The van der Waals surface area contributed by atoms with Crippen molar-refractivity contribution >= 4 is 29.1 Å². The van der Waals surface area contributed by atoms with Gasteiger partial charge in [-0.3, -0.25) is 14.4 Å². The molecule has 0 saturated carbocycles. The van der Waals surface area contributed by atoms with Gasteiger partial charge in [-0.2, -0.15) is 0 Å². The Bertz CT molecular complexity index is 948. The molecule has 164 valence electrons. The lowest BCUT2D eigenvalue weighted by molar-refractivity contribution is -0.138. The maximum atomic E-state index is 12.7. The van der Waals surface area contributed by atoms with Crippen LogP contribution in [0.3, 0.4) is 0 Å². The molecule has 3 heterocycles. The Balaban J connectivity index is 1.22. The number of benzene rings is 1. The second kappa shape index (κ2) is 9.51. The van der Waals surface area contributed by atoms with Crippen molar-refractivity contribution in [1.29, 1.82) is 0 Å². The number of piperazine rings is 1. The highest BCUT2D eigenvalue weighted by Crippen LogP contribution is 2.24. The Hall–Kier alpha value is -2.87. The first-order valence-electron chi connectivity index (χ1n) is 10.6. The molecule has 8 heteroatoms. The van der Waals surface area contributed by atoms with Gasteiger partial charge in [0.05, 0.1) is 7.11 Å². The minimum atomic E-state index is -0.0390. The largest absolute Gasteiger partial charge is 0.497 e. The zero-order valence-corrected chi connectivity index (χ0v) is 18.5. The van der Waals surface area contributed by atoms with Crippen molar-refractivity contribution in [3.8, 4) is 5.75 Å². The quantitative estimate of drug-likeness (QED) is 0.715. The molecule has 2 aromatic rings. The third-order valence-electron chi connectivity index (χ3n) is 5.97. The van der Waals surface area contributed by atoms with E-state index in [1.807, 2.05) is 4.90 Å². The van der Waals surface area contributed by atoms with Crippen LogP contribution in [0.15, 0.2) is 35.7 Å². The zero-order valence-electron chi connectivity index (χ0n) is 17.7. The maximum Gasteiger partial charge on any atom is 0.253 e. The van der Waals surface area contributed by atoms with Gasteiger partial charge < -0.3 is 19.4 Å². The highest BCUT2D eigenvalue weighted by Gasteiger charge is 2.26. The minimum absolute atomic E-state index is 0.0156. The Morgan fingerprint density at radius 1 is 0.871 bits per heavy atom. The smallest absolute Gasteiger partial charge is 0.253 e. The van der Waals surface area contributed by atoms with Gasteiger partial charge in [0.2, 0.25) is 11.8 Å². The molecule has 4 rings (SSSR count). The fraction of sp³-hybridized carbons (Fsp3) is 0.435. The van der Waals surface area contributed by atoms with Gasteiger partial charge in [-0.25, -0.2) is 0 Å². The first kappa shape index (κ1) is 21.4. The van der Waals surface area contributed by atoms with E-state index in [-0.39, 0.29) is 30.6 Å². The number of methoxy groups -OCH3 is 1. The van der Waals surface area contributed by atoms with E-state index in [2.05, 4.69) is 11.4 Å². The highest BCUT2D eigenvalue weighted by molar-refractivity contribution is 7.10. The number of hydrogen-bond donors (Lipinski definition) is 0. The molecule has 2 aliphatic rings. The van der Waals surface area contributed by atoms with Gasteiger partial charge in [0.1, 0.15) is 5.75 Å². The lowest BCUT2D eigenvalue weighted by atomic mass is 10.1. The summed E-state index contributed by atoms with van der Waals surface area (Å²) in [5.74, 6) is 0.696. The Labute approximate surface area is 186 Å². The third kappa shape index (κ3) is 4.90. The summed E-state index contributed by atoms with van der Waals surface area (Å²) in [6, 6.07) is 9.13. The standard InChI is InChI=1S/C23H27N3O4S/c1-30-19-4-2-17(3-5-19)23(29)25-13-11-24(12-14-25)21(27)6-7-22(28)26-10-8-20-18(16-26)9-15-31-20/h2-5,9,15H,6-8,10-14,16H2,1H3. The molecule has 0 unspecified atom stereocenters. The summed E-state index contributed by atoms with van der Waals surface area (Å²) in [5, 5.41) is 2.07. The molecule has 2 aliphatic heterocycles. The van der Waals surface area contributed by atoms with E-state index in [0.29, 0.717) is 44.0 Å². The second-order valence-electron chi connectivity index (χ2n) is 7.84. The number of amides is 3. The summed E-state index contributed by atoms with van der Waals surface area (Å²) >= 11 is 1.75. The van der Waals surface area contributed by atoms with Gasteiger partial charge in [-0.1, -0.05) is 0 Å². The van der Waals surface area contributed by atoms with Gasteiger partial charge in [-0.15, -0.1) is 11.3 Å². The molecular weight excluding hydrogens is 414 g/mol. The van der Waals surface area contributed by atoms with Gasteiger partial charge in [0.25, 0.3) is 5.91 Å². The van der Waals surface area contributed by atoms with E-state index >= 15 is 0 Å². The molecule has 0 atom stereocenters. The average Bonchev–Trinajstić information content (AvgIpc) is 3.30. The van der Waals surface area contributed by atoms with E-state index < -0.39 is 0 Å². The molecule has 1 fully saturated rings. The Morgan fingerprint density at radius 2 is 1.52 bits per heavy atom. The van der Waals surface area contributed by atoms with Crippen molar-refractivity contribution in [2.24, 2.45) is 0 Å². The molecular formula is C23H27N3O4S. The van der Waals surface area contributed by atoms with Crippen LogP contribution in [-0.4, -0.2) is 72.3 Å². The van der Waals surface area contributed by atoms with E-state index in [1.54, 1.807) is 52.5 Å². The Kier molecular flexibility index (Phi) is 6.56. The summed E-state index contributed by atoms with van der Waals surface area (Å²) in [6.07, 6.45) is 1.36. The first-order chi connectivity index (χ1) is 15.0. The highest BCUT2D eigenvalue weighted by atomic mass is 32.1. The predicted molar refractivity (Wildman–Crippen MR) is 118 cm³/mol. The summed E-state index contributed by atoms with van der Waals surface area (Å²) in [6.45, 7) is 3.37. The maximum absolute atomic E-state index is 12.7. The minimum Gasteiger partial charge on any atom is -0.497 e. The molecule has 3 amide bonds. The molecule has 1 saturated heterocycles. The SMILES string of the molecule is COc1ccc(C(=O)N2CCN(C(=O)CCC(=O)N3CCc4sccc4C3)CC2)cc1. The first-order valence-corrected chi connectivity index (χ1v) is 11.5. The van der Waals surface area contributed by atoms with Gasteiger partial charge in [-0.05, 0) is 47.7 Å². The number of rotatable bonds is 5. The summed E-state index contributed by atoms with van der Waals surface area (Å²) in [5.41, 5.74) is 1.84. The van der Waals surface area contributed by atoms with Crippen LogP contribution in [0, 0.1) is 0 Å². The average molecular weight is 442 g/mol. The van der Waals surface area contributed by atoms with Crippen LogP contribution in [0.4, 0.5) is 0 Å². The fourth-order valence-electron chi connectivity index (χ4n) is 4.07. The van der Waals surface area contributed by atoms with E-state index in [9.17, 15) is 14.4 Å². The van der Waals surface area contributed by atoms with E-state index in [4.69, 9.17) is 4.74 Å². The molecule has 0 N–H and O–H groups in total. The molecule has 31 heavy (non-hydrogen) atoms. The monoisotopic (exact) mass is 441 g/mol. The van der Waals surface area contributed by atoms with Crippen LogP contribution < -0.4 is 4.74 Å². The van der Waals surface area contributed by atoms with Crippen molar-refractivity contribution in [3.05, 3.63) is 51.7 Å². The molecule has 7 nitrogen and oxygen atoms in total. The van der Waals surface area contributed by atoms with Crippen LogP contribution in [0.2, 0.25) is 0 Å². The lowest BCUT2D eigenvalue weighted by Crippen LogP contribution is -2.50. The van der Waals surface area contributed by atoms with Crippen molar-refractivity contribution in [1.82, 2.24) is 14.7 Å². The van der Waals surface area contributed by atoms with Crippen LogP contribution >= 0.6 is 11.3 Å². The van der Waals surface area contributed by atoms with Crippen LogP contribution in [0.5, 0.6) is 5.75 Å². The normalized spacial score (nSPS) is 16.1. The zero-order chi connectivity index (χ0) is 21.8. The third-order valence-corrected chi connectivity index (χ3v) is 6.99. The topological polar surface area (TPSA) is 70.2 Å². The van der Waals surface area contributed by atoms with E-state index in [0.717, 1.165) is 13.0 Å². The van der Waals surface area contributed by atoms with Crippen molar-refractivity contribution < 1.29 is 19.1 Å². The molecule has 0 spiro atoms. The molecule has 0 radical (unpaired) electrons. The summed E-state index contributed by atoms with van der Waals surface area (Å²) < 4.78 is 5.13. The molecule has 0 bridgehead atoms. The van der Waals surface area contributed by atoms with Crippen LogP contribution in [-0.2, 0) is 22.6 Å². The molecule has 0 aliphatic carbocycles. The fourth-order valence-corrected chi connectivity index (χ4v) is 4.96.